The first kappa shape index (κ1) is 23.6. The average Bonchev–Trinajstić information content (AvgIpc) is 2.72. The van der Waals surface area contributed by atoms with Crippen LogP contribution in [0.25, 0.3) is 0 Å². The van der Waals surface area contributed by atoms with E-state index in [0.717, 1.165) is 44.7 Å². The van der Waals surface area contributed by atoms with E-state index in [4.69, 9.17) is 4.74 Å². The zero-order valence-electron chi connectivity index (χ0n) is 19.3. The van der Waals surface area contributed by atoms with Crippen molar-refractivity contribution in [2.24, 2.45) is 11.8 Å². The van der Waals surface area contributed by atoms with Crippen molar-refractivity contribution in [1.82, 2.24) is 0 Å². The molecule has 3 atom stereocenters. The molecule has 0 radical (unpaired) electrons. The molecular weight excluding hydrogens is 394 g/mol. The number of ether oxygens (including phenoxy) is 1. The van der Waals surface area contributed by atoms with E-state index >= 15 is 0 Å². The Labute approximate surface area is 184 Å². The van der Waals surface area contributed by atoms with Crippen LogP contribution in [-0.4, -0.2) is 44.7 Å². The molecule has 1 aromatic rings. The molecule has 1 heterocycles. The number of aryl methyl sites for hydroxylation is 1. The van der Waals surface area contributed by atoms with Crippen LogP contribution in [-0.2, 0) is 21.0 Å². The van der Waals surface area contributed by atoms with Gasteiger partial charge in [0.15, 0.2) is 9.84 Å². The maximum atomic E-state index is 12.4. The summed E-state index contributed by atoms with van der Waals surface area (Å²) in [5.74, 6) is 1.51. The lowest BCUT2D eigenvalue weighted by molar-refractivity contribution is -0.00521. The molecule has 1 aliphatic carbocycles. The SMILES string of the molecule is CCC(C)S(=O)(=O)CC1CCC(CCc2ccc(N3C[C@@H](C)O[C@@H](C)C3)cc2)CC1. The highest BCUT2D eigenvalue weighted by atomic mass is 32.2. The van der Waals surface area contributed by atoms with Gasteiger partial charge in [-0.3, -0.25) is 0 Å². The summed E-state index contributed by atoms with van der Waals surface area (Å²) >= 11 is 0. The molecule has 4 nitrogen and oxygen atoms in total. The third-order valence-corrected chi connectivity index (χ3v) is 9.68. The number of sulfone groups is 1. The molecule has 2 fully saturated rings. The maximum Gasteiger partial charge on any atom is 0.153 e. The largest absolute Gasteiger partial charge is 0.372 e. The molecule has 0 bridgehead atoms. The average molecular weight is 436 g/mol. The zero-order valence-corrected chi connectivity index (χ0v) is 20.2. The van der Waals surface area contributed by atoms with Crippen LogP contribution in [0.15, 0.2) is 24.3 Å². The number of morpholine rings is 1. The Kier molecular flexibility index (Phi) is 8.25. The van der Waals surface area contributed by atoms with Crippen LogP contribution in [0.3, 0.4) is 0 Å². The highest BCUT2D eigenvalue weighted by Gasteiger charge is 2.28. The number of nitrogens with zero attached hydrogens (tertiary/aromatic N) is 1. The van der Waals surface area contributed by atoms with Gasteiger partial charge in [0.25, 0.3) is 0 Å². The first-order valence-electron chi connectivity index (χ1n) is 12.0. The first-order chi connectivity index (χ1) is 14.3. The van der Waals surface area contributed by atoms with E-state index in [-0.39, 0.29) is 17.5 Å². The predicted octanol–water partition coefficient (Wildman–Crippen LogP) is 5.25. The summed E-state index contributed by atoms with van der Waals surface area (Å²) in [5, 5.41) is -0.193. The minimum atomic E-state index is -2.92. The van der Waals surface area contributed by atoms with Crippen molar-refractivity contribution in [2.45, 2.75) is 90.1 Å². The maximum absolute atomic E-state index is 12.4. The Bertz CT molecular complexity index is 743. The molecule has 2 aliphatic rings. The highest BCUT2D eigenvalue weighted by Crippen LogP contribution is 2.33. The highest BCUT2D eigenvalue weighted by molar-refractivity contribution is 7.92. The molecule has 170 valence electrons. The van der Waals surface area contributed by atoms with Crippen LogP contribution in [0.2, 0.25) is 0 Å². The summed E-state index contributed by atoms with van der Waals surface area (Å²) in [6, 6.07) is 9.09. The molecule has 0 spiro atoms. The molecule has 0 N–H and O–H groups in total. The molecule has 5 heteroatoms. The van der Waals surface area contributed by atoms with Crippen molar-refractivity contribution in [3.05, 3.63) is 29.8 Å². The third kappa shape index (κ3) is 6.46. The lowest BCUT2D eigenvalue weighted by atomic mass is 9.80. The molecule has 1 saturated carbocycles. The van der Waals surface area contributed by atoms with E-state index in [2.05, 4.69) is 43.0 Å². The van der Waals surface area contributed by atoms with Crippen LogP contribution in [0.4, 0.5) is 5.69 Å². The normalized spacial score (nSPS) is 29.0. The van der Waals surface area contributed by atoms with Crippen LogP contribution in [0.1, 0.15) is 71.8 Å². The third-order valence-electron chi connectivity index (χ3n) is 7.18. The quantitative estimate of drug-likeness (QED) is 0.559. The number of anilines is 1. The van der Waals surface area contributed by atoms with Gasteiger partial charge in [0.05, 0.1) is 23.2 Å². The van der Waals surface area contributed by atoms with Crippen LogP contribution in [0.5, 0.6) is 0 Å². The summed E-state index contributed by atoms with van der Waals surface area (Å²) in [6.07, 6.45) is 8.14. The Morgan fingerprint density at radius 2 is 1.57 bits per heavy atom. The van der Waals surface area contributed by atoms with Gasteiger partial charge in [-0.15, -0.1) is 0 Å². The van der Waals surface area contributed by atoms with E-state index in [0.29, 0.717) is 11.7 Å². The van der Waals surface area contributed by atoms with E-state index < -0.39 is 9.84 Å². The monoisotopic (exact) mass is 435 g/mol. The molecule has 1 saturated heterocycles. The molecule has 0 aromatic heterocycles. The van der Waals surface area contributed by atoms with Gasteiger partial charge >= 0.3 is 0 Å². The predicted molar refractivity (Wildman–Crippen MR) is 126 cm³/mol. The van der Waals surface area contributed by atoms with Crippen molar-refractivity contribution in [2.75, 3.05) is 23.7 Å². The summed E-state index contributed by atoms with van der Waals surface area (Å²) in [7, 11) is -2.92. The molecular formula is C25H41NO3S. The smallest absolute Gasteiger partial charge is 0.153 e. The lowest BCUT2D eigenvalue weighted by Gasteiger charge is -2.37. The number of benzene rings is 1. The number of rotatable bonds is 8. The van der Waals surface area contributed by atoms with Crippen molar-refractivity contribution in [1.29, 1.82) is 0 Å². The zero-order chi connectivity index (χ0) is 21.7. The number of hydrogen-bond acceptors (Lipinski definition) is 4. The van der Waals surface area contributed by atoms with Crippen molar-refractivity contribution >= 4 is 15.5 Å². The fourth-order valence-electron chi connectivity index (χ4n) is 5.07. The second-order valence-corrected chi connectivity index (χ2v) is 12.3. The van der Waals surface area contributed by atoms with Gasteiger partial charge in [-0.05, 0) is 82.4 Å². The van der Waals surface area contributed by atoms with E-state index in [1.807, 2.05) is 13.8 Å². The summed E-state index contributed by atoms with van der Waals surface area (Å²) in [4.78, 5) is 2.43. The van der Waals surface area contributed by atoms with E-state index in [1.54, 1.807) is 0 Å². The van der Waals surface area contributed by atoms with Crippen LogP contribution in [0, 0.1) is 11.8 Å². The Hall–Kier alpha value is -1.07. The van der Waals surface area contributed by atoms with Gasteiger partial charge in [0.1, 0.15) is 0 Å². The van der Waals surface area contributed by atoms with Gasteiger partial charge in [0, 0.05) is 18.8 Å². The Morgan fingerprint density at radius 1 is 1.00 bits per heavy atom. The topological polar surface area (TPSA) is 46.6 Å². The van der Waals surface area contributed by atoms with Crippen molar-refractivity contribution in [3.8, 4) is 0 Å². The van der Waals surface area contributed by atoms with E-state index in [9.17, 15) is 8.42 Å². The summed E-state index contributed by atoms with van der Waals surface area (Å²) < 4.78 is 30.6. The first-order valence-corrected chi connectivity index (χ1v) is 13.7. The second-order valence-electron chi connectivity index (χ2n) is 9.80. The lowest BCUT2D eigenvalue weighted by Crippen LogP contribution is -2.45. The fourth-order valence-corrected chi connectivity index (χ4v) is 6.89. The van der Waals surface area contributed by atoms with Gasteiger partial charge in [-0.25, -0.2) is 8.42 Å². The standard InChI is InChI=1S/C25H41NO3S/c1-5-21(4)30(27,28)18-24-10-8-22(9-11-24)6-7-23-12-14-25(15-13-23)26-16-19(2)29-20(3)17-26/h12-15,19-22,24H,5-11,16-18H2,1-4H3/t19-,20+,21?,22?,24?. The minimum absolute atomic E-state index is 0.193. The Balaban J connectivity index is 1.42. The van der Waals surface area contributed by atoms with Crippen LogP contribution < -0.4 is 4.90 Å². The van der Waals surface area contributed by atoms with Gasteiger partial charge in [-0.1, -0.05) is 31.9 Å². The summed E-state index contributed by atoms with van der Waals surface area (Å²) in [5.41, 5.74) is 2.71. The molecule has 1 unspecified atom stereocenters. The van der Waals surface area contributed by atoms with Gasteiger partial charge in [0.2, 0.25) is 0 Å². The van der Waals surface area contributed by atoms with Gasteiger partial charge in [-0.2, -0.15) is 0 Å². The molecule has 3 rings (SSSR count). The van der Waals surface area contributed by atoms with Crippen molar-refractivity contribution < 1.29 is 13.2 Å². The molecule has 30 heavy (non-hydrogen) atoms. The Morgan fingerprint density at radius 3 is 2.13 bits per heavy atom. The fraction of sp³-hybridized carbons (Fsp3) is 0.760. The van der Waals surface area contributed by atoms with Crippen LogP contribution >= 0.6 is 0 Å². The summed E-state index contributed by atoms with van der Waals surface area (Å²) in [6.45, 7) is 10.0. The second kappa shape index (κ2) is 10.5. The molecule has 1 aromatic carbocycles. The van der Waals surface area contributed by atoms with Gasteiger partial charge < -0.3 is 9.64 Å². The molecule has 0 amide bonds. The van der Waals surface area contributed by atoms with E-state index in [1.165, 1.54) is 30.5 Å². The minimum Gasteiger partial charge on any atom is -0.372 e. The van der Waals surface area contributed by atoms with Crippen molar-refractivity contribution in [3.63, 3.8) is 0 Å². The number of hydrogen-bond donors (Lipinski definition) is 0. The molecule has 1 aliphatic heterocycles.